The molecule has 1 fully saturated rings. The molecule has 1 aromatic rings. The number of rotatable bonds is 2. The zero-order valence-corrected chi connectivity index (χ0v) is 10.7. The fourth-order valence-corrected chi connectivity index (χ4v) is 2.06. The first-order chi connectivity index (χ1) is 8.93. The number of likely N-dealkylation sites (tertiary alicyclic amines) is 1. The van der Waals surface area contributed by atoms with Crippen LogP contribution in [0.3, 0.4) is 0 Å². The average molecular weight is 270 g/mol. The van der Waals surface area contributed by atoms with E-state index in [0.29, 0.717) is 17.0 Å². The van der Waals surface area contributed by atoms with Gasteiger partial charge in [-0.15, -0.1) is 0 Å². The third kappa shape index (κ3) is 2.94. The van der Waals surface area contributed by atoms with E-state index in [2.05, 4.69) is 0 Å². The summed E-state index contributed by atoms with van der Waals surface area (Å²) in [7, 11) is 1.46. The summed E-state index contributed by atoms with van der Waals surface area (Å²) in [5, 5.41) is 0. The van der Waals surface area contributed by atoms with Crippen molar-refractivity contribution in [2.75, 3.05) is 25.9 Å². The first kappa shape index (κ1) is 13.6. The van der Waals surface area contributed by atoms with E-state index in [0.717, 1.165) is 0 Å². The van der Waals surface area contributed by atoms with Crippen LogP contribution in [-0.2, 0) is 0 Å². The molecule has 1 amide bonds. The summed E-state index contributed by atoms with van der Waals surface area (Å²) in [5.41, 5.74) is 6.50. The summed E-state index contributed by atoms with van der Waals surface area (Å²) < 4.78 is 31.1. The zero-order valence-electron chi connectivity index (χ0n) is 10.7. The molecule has 1 saturated heterocycles. The molecule has 1 aliphatic rings. The minimum absolute atomic E-state index is 0.0680. The van der Waals surface area contributed by atoms with E-state index in [4.69, 9.17) is 10.5 Å². The highest BCUT2D eigenvalue weighted by molar-refractivity contribution is 5.95. The number of halogens is 2. The van der Waals surface area contributed by atoms with Crippen LogP contribution in [0.15, 0.2) is 18.2 Å². The normalized spacial score (nSPS) is 18.2. The smallest absolute Gasteiger partial charge is 0.253 e. The van der Waals surface area contributed by atoms with E-state index in [1.165, 1.54) is 18.1 Å². The molecule has 1 aliphatic heterocycles. The van der Waals surface area contributed by atoms with Crippen LogP contribution in [-0.4, -0.2) is 36.9 Å². The van der Waals surface area contributed by atoms with Crippen LogP contribution in [0.5, 0.6) is 5.75 Å². The standard InChI is InChI=1S/C13H16F2N2O2/c1-19-11-8-9(2-3-10(11)16)12(18)17-6-4-13(14,15)5-7-17/h2-3,8H,4-7,16H2,1H3. The average Bonchev–Trinajstić information content (AvgIpc) is 2.38. The highest BCUT2D eigenvalue weighted by atomic mass is 19.3. The number of hydrogen-bond donors (Lipinski definition) is 1. The van der Waals surface area contributed by atoms with E-state index in [1.807, 2.05) is 0 Å². The molecule has 0 aliphatic carbocycles. The third-order valence-electron chi connectivity index (χ3n) is 3.26. The van der Waals surface area contributed by atoms with Crippen molar-refractivity contribution in [2.45, 2.75) is 18.8 Å². The van der Waals surface area contributed by atoms with Gasteiger partial charge < -0.3 is 15.4 Å². The topological polar surface area (TPSA) is 55.6 Å². The van der Waals surface area contributed by atoms with E-state index in [9.17, 15) is 13.6 Å². The van der Waals surface area contributed by atoms with Crippen LogP contribution in [0, 0.1) is 0 Å². The van der Waals surface area contributed by atoms with Crippen molar-refractivity contribution in [1.82, 2.24) is 4.90 Å². The van der Waals surface area contributed by atoms with Crippen LogP contribution in [0.2, 0.25) is 0 Å². The molecular formula is C13H16F2N2O2. The van der Waals surface area contributed by atoms with Crippen molar-refractivity contribution >= 4 is 11.6 Å². The first-order valence-electron chi connectivity index (χ1n) is 6.03. The van der Waals surface area contributed by atoms with Gasteiger partial charge in [-0.25, -0.2) is 8.78 Å². The zero-order chi connectivity index (χ0) is 14.0. The lowest BCUT2D eigenvalue weighted by Crippen LogP contribution is -2.42. The summed E-state index contributed by atoms with van der Waals surface area (Å²) in [6.07, 6.45) is -0.574. The lowest BCUT2D eigenvalue weighted by atomic mass is 10.1. The monoisotopic (exact) mass is 270 g/mol. The molecule has 2 N–H and O–H groups in total. The van der Waals surface area contributed by atoms with Crippen LogP contribution >= 0.6 is 0 Å². The Morgan fingerprint density at radius 1 is 1.37 bits per heavy atom. The van der Waals surface area contributed by atoms with Crippen molar-refractivity contribution in [2.24, 2.45) is 0 Å². The van der Waals surface area contributed by atoms with Crippen LogP contribution in [0.25, 0.3) is 0 Å². The van der Waals surface area contributed by atoms with E-state index in [1.54, 1.807) is 12.1 Å². The van der Waals surface area contributed by atoms with Crippen LogP contribution in [0.1, 0.15) is 23.2 Å². The molecule has 4 nitrogen and oxygen atoms in total. The highest BCUT2D eigenvalue weighted by Gasteiger charge is 2.35. The molecule has 0 unspecified atom stereocenters. The summed E-state index contributed by atoms with van der Waals surface area (Å²) in [6.45, 7) is 0.136. The summed E-state index contributed by atoms with van der Waals surface area (Å²) in [5.74, 6) is -2.52. The number of ether oxygens (including phenoxy) is 1. The maximum atomic E-state index is 13.0. The van der Waals surface area contributed by atoms with E-state index in [-0.39, 0.29) is 31.8 Å². The molecule has 2 rings (SSSR count). The fourth-order valence-electron chi connectivity index (χ4n) is 2.06. The number of benzene rings is 1. The predicted octanol–water partition coefficient (Wildman–Crippen LogP) is 2.15. The quantitative estimate of drug-likeness (QED) is 0.838. The van der Waals surface area contributed by atoms with Gasteiger partial charge in [0.15, 0.2) is 0 Å². The van der Waals surface area contributed by atoms with Gasteiger partial charge in [-0.05, 0) is 18.2 Å². The van der Waals surface area contributed by atoms with Gasteiger partial charge in [-0.1, -0.05) is 0 Å². The fraction of sp³-hybridized carbons (Fsp3) is 0.462. The van der Waals surface area contributed by atoms with Crippen molar-refractivity contribution < 1.29 is 18.3 Å². The maximum Gasteiger partial charge on any atom is 0.253 e. The highest BCUT2D eigenvalue weighted by Crippen LogP contribution is 2.29. The maximum absolute atomic E-state index is 13.0. The number of alkyl halides is 2. The van der Waals surface area contributed by atoms with Gasteiger partial charge in [0.2, 0.25) is 0 Å². The minimum atomic E-state index is -2.66. The lowest BCUT2D eigenvalue weighted by Gasteiger charge is -2.31. The number of nitrogen functional groups attached to an aromatic ring is 1. The molecule has 0 atom stereocenters. The number of carbonyl (C=O) groups excluding carboxylic acids is 1. The van der Waals surface area contributed by atoms with Crippen molar-refractivity contribution in [3.8, 4) is 5.75 Å². The predicted molar refractivity (Wildman–Crippen MR) is 67.5 cm³/mol. The molecule has 0 radical (unpaired) electrons. The molecule has 1 aromatic carbocycles. The Hall–Kier alpha value is -1.85. The second-order valence-electron chi connectivity index (χ2n) is 4.60. The van der Waals surface area contributed by atoms with Gasteiger partial charge >= 0.3 is 0 Å². The van der Waals surface area contributed by atoms with Gasteiger partial charge in [-0.3, -0.25) is 4.79 Å². The summed E-state index contributed by atoms with van der Waals surface area (Å²) >= 11 is 0. The summed E-state index contributed by atoms with van der Waals surface area (Å²) in [6, 6.07) is 4.68. The lowest BCUT2D eigenvalue weighted by molar-refractivity contribution is -0.0494. The Kier molecular flexibility index (Phi) is 3.59. The van der Waals surface area contributed by atoms with Crippen LogP contribution < -0.4 is 10.5 Å². The van der Waals surface area contributed by atoms with Crippen molar-refractivity contribution in [3.05, 3.63) is 23.8 Å². The van der Waals surface area contributed by atoms with Gasteiger partial charge in [0.05, 0.1) is 12.8 Å². The molecule has 0 aromatic heterocycles. The number of nitrogens with two attached hydrogens (primary N) is 1. The Balaban J connectivity index is 2.12. The molecule has 0 saturated carbocycles. The number of piperidine rings is 1. The molecule has 6 heteroatoms. The Bertz CT molecular complexity index is 482. The minimum Gasteiger partial charge on any atom is -0.495 e. The largest absolute Gasteiger partial charge is 0.495 e. The summed E-state index contributed by atoms with van der Waals surface area (Å²) in [4.78, 5) is 13.6. The van der Waals surface area contributed by atoms with E-state index >= 15 is 0 Å². The van der Waals surface area contributed by atoms with Crippen molar-refractivity contribution in [1.29, 1.82) is 0 Å². The van der Waals surface area contributed by atoms with Gasteiger partial charge in [0.25, 0.3) is 11.8 Å². The second-order valence-corrected chi connectivity index (χ2v) is 4.60. The molecular weight excluding hydrogens is 254 g/mol. The Morgan fingerprint density at radius 2 is 2.00 bits per heavy atom. The van der Waals surface area contributed by atoms with E-state index < -0.39 is 5.92 Å². The Morgan fingerprint density at radius 3 is 2.58 bits per heavy atom. The molecule has 19 heavy (non-hydrogen) atoms. The second kappa shape index (κ2) is 5.03. The van der Waals surface area contributed by atoms with Crippen LogP contribution in [0.4, 0.5) is 14.5 Å². The number of hydrogen-bond acceptors (Lipinski definition) is 3. The Labute approximate surface area is 110 Å². The number of nitrogens with zero attached hydrogens (tertiary/aromatic N) is 1. The number of carbonyl (C=O) groups is 1. The molecule has 1 heterocycles. The number of methoxy groups -OCH3 is 1. The van der Waals surface area contributed by atoms with Gasteiger partial charge in [-0.2, -0.15) is 0 Å². The van der Waals surface area contributed by atoms with Gasteiger partial charge in [0.1, 0.15) is 5.75 Å². The number of amides is 1. The third-order valence-corrected chi connectivity index (χ3v) is 3.26. The molecule has 104 valence electrons. The molecule has 0 spiro atoms. The first-order valence-corrected chi connectivity index (χ1v) is 6.03. The van der Waals surface area contributed by atoms with Crippen molar-refractivity contribution in [3.63, 3.8) is 0 Å². The van der Waals surface area contributed by atoms with Gasteiger partial charge in [0, 0.05) is 31.5 Å². The number of anilines is 1. The SMILES string of the molecule is COc1cc(C(=O)N2CCC(F)(F)CC2)ccc1N. The molecule has 0 bridgehead atoms.